The van der Waals surface area contributed by atoms with Gasteiger partial charge in [-0.05, 0) is 45.5 Å². The van der Waals surface area contributed by atoms with E-state index in [1.54, 1.807) is 0 Å². The van der Waals surface area contributed by atoms with Crippen molar-refractivity contribution in [2.45, 2.75) is 6.17 Å². The molecular weight excluding hydrogens is 599 g/mol. The second-order valence-electron chi connectivity index (χ2n) is 12.3. The first-order valence-corrected chi connectivity index (χ1v) is 16.5. The van der Waals surface area contributed by atoms with E-state index in [9.17, 15) is 0 Å². The average Bonchev–Trinajstić information content (AvgIpc) is 3.57. The second kappa shape index (κ2) is 12.3. The zero-order valence-electron chi connectivity index (χ0n) is 26.6. The minimum absolute atomic E-state index is 0.258. The minimum Gasteiger partial charge on any atom is -0.455 e. The Hall–Kier alpha value is -6.52. The highest BCUT2D eigenvalue weighted by Gasteiger charge is 2.22. The molecule has 4 nitrogen and oxygen atoms in total. The van der Waals surface area contributed by atoms with Crippen molar-refractivity contribution in [3.05, 3.63) is 193 Å². The molecule has 0 aliphatic carbocycles. The number of amidine groups is 2. The molecule has 2 heterocycles. The quantitative estimate of drug-likeness (QED) is 0.199. The van der Waals surface area contributed by atoms with Crippen molar-refractivity contribution in [3.63, 3.8) is 0 Å². The topological polar surface area (TPSA) is 49.9 Å². The van der Waals surface area contributed by atoms with Gasteiger partial charge in [0.15, 0.2) is 5.84 Å². The number of benzene rings is 7. The van der Waals surface area contributed by atoms with Crippen LogP contribution in [-0.4, -0.2) is 11.7 Å². The Kier molecular flexibility index (Phi) is 7.17. The van der Waals surface area contributed by atoms with Gasteiger partial charge < -0.3 is 9.73 Å². The van der Waals surface area contributed by atoms with Crippen LogP contribution >= 0.6 is 0 Å². The SMILES string of the molecule is c1ccc(C2=NC(c3ccccc3)NC(c3ccc4c(c3)oc3c(-c5ccc(-c6ccc(-c7ccccc7)cc6)cc5)cccc34)=N2)cc1. The molecule has 0 spiro atoms. The summed E-state index contributed by atoms with van der Waals surface area (Å²) in [5, 5.41) is 5.73. The van der Waals surface area contributed by atoms with Crippen molar-refractivity contribution in [1.29, 1.82) is 0 Å². The Balaban J connectivity index is 1.05. The third kappa shape index (κ3) is 5.49. The summed E-state index contributed by atoms with van der Waals surface area (Å²) < 4.78 is 6.65. The lowest BCUT2D eigenvalue weighted by Crippen LogP contribution is -2.33. The molecule has 0 amide bonds. The molecule has 0 saturated carbocycles. The number of fused-ring (bicyclic) bond motifs is 3. The van der Waals surface area contributed by atoms with Gasteiger partial charge in [-0.2, -0.15) is 0 Å². The summed E-state index contributed by atoms with van der Waals surface area (Å²) in [5.74, 6) is 1.46. The maximum absolute atomic E-state index is 6.65. The van der Waals surface area contributed by atoms with Gasteiger partial charge in [-0.3, -0.25) is 0 Å². The molecule has 1 aliphatic heterocycles. The van der Waals surface area contributed by atoms with Crippen molar-refractivity contribution in [3.8, 4) is 33.4 Å². The summed E-state index contributed by atoms with van der Waals surface area (Å²) in [6, 6.07) is 61.1. The number of hydrogen-bond donors (Lipinski definition) is 1. The molecule has 4 heteroatoms. The Morgan fingerprint density at radius 2 is 1.00 bits per heavy atom. The summed E-state index contributed by atoms with van der Waals surface area (Å²) in [6.07, 6.45) is -0.258. The van der Waals surface area contributed by atoms with Crippen LogP contribution in [0.3, 0.4) is 0 Å². The van der Waals surface area contributed by atoms with E-state index in [4.69, 9.17) is 14.4 Å². The molecule has 49 heavy (non-hydrogen) atoms. The Labute approximate surface area is 284 Å². The molecule has 8 aromatic rings. The number of rotatable bonds is 6. The molecule has 0 saturated heterocycles. The summed E-state index contributed by atoms with van der Waals surface area (Å²) in [4.78, 5) is 9.97. The summed E-state index contributed by atoms with van der Waals surface area (Å²) in [7, 11) is 0. The van der Waals surface area contributed by atoms with Crippen LogP contribution in [0.2, 0.25) is 0 Å². The van der Waals surface area contributed by atoms with Gasteiger partial charge in [0.2, 0.25) is 0 Å². The molecule has 1 N–H and O–H groups in total. The molecule has 1 unspecified atom stereocenters. The number of aliphatic imine (C=N–C) groups is 2. The van der Waals surface area contributed by atoms with Gasteiger partial charge >= 0.3 is 0 Å². The maximum Gasteiger partial charge on any atom is 0.159 e. The van der Waals surface area contributed by atoms with Gasteiger partial charge in [0.25, 0.3) is 0 Å². The lowest BCUT2D eigenvalue weighted by Gasteiger charge is -2.23. The summed E-state index contributed by atoms with van der Waals surface area (Å²) >= 11 is 0. The van der Waals surface area contributed by atoms with E-state index in [2.05, 4.69) is 127 Å². The van der Waals surface area contributed by atoms with Crippen LogP contribution in [0.15, 0.2) is 190 Å². The smallest absolute Gasteiger partial charge is 0.159 e. The Morgan fingerprint density at radius 3 is 1.65 bits per heavy atom. The van der Waals surface area contributed by atoms with Crippen LogP contribution < -0.4 is 5.32 Å². The van der Waals surface area contributed by atoms with Gasteiger partial charge in [-0.25, -0.2) is 9.98 Å². The molecule has 1 aliphatic rings. The van der Waals surface area contributed by atoms with Crippen LogP contribution in [0.5, 0.6) is 0 Å². The Morgan fingerprint density at radius 1 is 0.449 bits per heavy atom. The van der Waals surface area contributed by atoms with Gasteiger partial charge in [-0.15, -0.1) is 0 Å². The molecule has 1 atom stereocenters. The standard InChI is InChI=1S/C45H31N3O/c1-4-11-30(12-5-1)31-19-21-32(22-20-31)33-23-25-34(26-24-33)38-17-10-18-40-39-28-27-37(29-41(39)49-42(38)40)45-47-43(35-13-6-2-7-14-35)46-44(48-45)36-15-8-3-9-16-36/h1-29,43H,(H,46,47,48). The molecular formula is C45H31N3O. The van der Waals surface area contributed by atoms with Gasteiger partial charge in [-0.1, -0.05) is 164 Å². The van der Waals surface area contributed by atoms with Crippen LogP contribution in [-0.2, 0) is 0 Å². The summed E-state index contributed by atoms with van der Waals surface area (Å²) in [5.41, 5.74) is 11.7. The third-order valence-corrected chi connectivity index (χ3v) is 9.18. The van der Waals surface area contributed by atoms with Crippen molar-refractivity contribution in [2.24, 2.45) is 9.98 Å². The minimum atomic E-state index is -0.258. The predicted molar refractivity (Wildman–Crippen MR) is 202 cm³/mol. The Bertz CT molecular complexity index is 2480. The number of furan rings is 1. The van der Waals surface area contributed by atoms with E-state index in [0.717, 1.165) is 55.6 Å². The second-order valence-corrected chi connectivity index (χ2v) is 12.3. The van der Waals surface area contributed by atoms with E-state index >= 15 is 0 Å². The van der Waals surface area contributed by atoms with Crippen LogP contribution in [0, 0.1) is 0 Å². The number of hydrogen-bond acceptors (Lipinski definition) is 4. The lowest BCUT2D eigenvalue weighted by molar-refractivity contribution is 0.667. The molecule has 7 aromatic carbocycles. The van der Waals surface area contributed by atoms with Crippen molar-refractivity contribution in [2.75, 3.05) is 0 Å². The highest BCUT2D eigenvalue weighted by Crippen LogP contribution is 2.37. The monoisotopic (exact) mass is 629 g/mol. The van der Waals surface area contributed by atoms with E-state index in [1.807, 2.05) is 54.6 Å². The number of nitrogens with one attached hydrogen (secondary N) is 1. The first kappa shape index (κ1) is 28.7. The van der Waals surface area contributed by atoms with Gasteiger partial charge in [0, 0.05) is 27.5 Å². The van der Waals surface area contributed by atoms with Gasteiger partial charge in [0.05, 0.1) is 0 Å². The van der Waals surface area contributed by atoms with Gasteiger partial charge in [0.1, 0.15) is 23.2 Å². The largest absolute Gasteiger partial charge is 0.455 e. The molecule has 9 rings (SSSR count). The lowest BCUT2D eigenvalue weighted by atomic mass is 9.97. The van der Waals surface area contributed by atoms with Crippen LogP contribution in [0.4, 0.5) is 0 Å². The molecule has 0 fully saturated rings. The normalized spacial score (nSPS) is 14.3. The predicted octanol–water partition coefficient (Wildman–Crippen LogP) is 11.1. The van der Waals surface area contributed by atoms with Crippen LogP contribution in [0.1, 0.15) is 22.9 Å². The molecule has 232 valence electrons. The van der Waals surface area contributed by atoms with E-state index < -0.39 is 0 Å². The highest BCUT2D eigenvalue weighted by atomic mass is 16.3. The van der Waals surface area contributed by atoms with E-state index in [-0.39, 0.29) is 6.17 Å². The molecule has 0 radical (unpaired) electrons. The fourth-order valence-electron chi connectivity index (χ4n) is 6.62. The van der Waals surface area contributed by atoms with Crippen molar-refractivity contribution < 1.29 is 4.42 Å². The van der Waals surface area contributed by atoms with Crippen molar-refractivity contribution >= 4 is 33.6 Å². The molecule has 1 aromatic heterocycles. The maximum atomic E-state index is 6.65. The zero-order chi connectivity index (χ0) is 32.6. The van der Waals surface area contributed by atoms with E-state index in [1.165, 1.54) is 22.3 Å². The fourth-order valence-corrected chi connectivity index (χ4v) is 6.62. The average molecular weight is 630 g/mol. The summed E-state index contributed by atoms with van der Waals surface area (Å²) in [6.45, 7) is 0. The number of para-hydroxylation sites is 1. The number of nitrogens with zero attached hydrogens (tertiary/aromatic N) is 2. The molecule has 0 bridgehead atoms. The fraction of sp³-hybridized carbons (Fsp3) is 0.0222. The van der Waals surface area contributed by atoms with Crippen LogP contribution in [0.25, 0.3) is 55.3 Å². The third-order valence-electron chi connectivity index (χ3n) is 9.18. The van der Waals surface area contributed by atoms with E-state index in [0.29, 0.717) is 5.84 Å². The first-order valence-electron chi connectivity index (χ1n) is 16.5. The highest BCUT2D eigenvalue weighted by molar-refractivity contribution is 6.15. The first-order chi connectivity index (χ1) is 24.3. The van der Waals surface area contributed by atoms with Crippen molar-refractivity contribution in [1.82, 2.24) is 5.32 Å². The zero-order valence-corrected chi connectivity index (χ0v) is 26.6.